The zero-order chi connectivity index (χ0) is 22.0. The van der Waals surface area contributed by atoms with Crippen LogP contribution in [0.25, 0.3) is 16.7 Å². The van der Waals surface area contributed by atoms with Crippen molar-refractivity contribution in [3.63, 3.8) is 0 Å². The van der Waals surface area contributed by atoms with Gasteiger partial charge in [0.1, 0.15) is 11.6 Å². The van der Waals surface area contributed by atoms with E-state index in [1.165, 1.54) is 17.5 Å². The van der Waals surface area contributed by atoms with Crippen LogP contribution in [-0.2, 0) is 0 Å². The lowest BCUT2D eigenvalue weighted by atomic mass is 9.76. The van der Waals surface area contributed by atoms with Crippen molar-refractivity contribution in [2.24, 2.45) is 0 Å². The first-order valence-electron chi connectivity index (χ1n) is 11.9. The average molecular weight is 433 g/mol. The summed E-state index contributed by atoms with van der Waals surface area (Å²) in [4.78, 5) is 11.9. The molecule has 0 amide bonds. The van der Waals surface area contributed by atoms with Crippen molar-refractivity contribution in [1.82, 2.24) is 25.1 Å². The van der Waals surface area contributed by atoms with Crippen molar-refractivity contribution < 1.29 is 5.11 Å². The van der Waals surface area contributed by atoms with E-state index in [-0.39, 0.29) is 0 Å². The SMILES string of the molecule is Cc1nc(N2C[C@H]3C[C@@H]2CN3)cc(-n2ncc3cc(C)c(C4CCC(C)(O)CC4)cc32)n1. The van der Waals surface area contributed by atoms with Gasteiger partial charge < -0.3 is 15.3 Å². The van der Waals surface area contributed by atoms with Gasteiger partial charge in [-0.05, 0) is 82.1 Å². The number of piperazine rings is 1. The molecule has 2 bridgehead atoms. The highest BCUT2D eigenvalue weighted by molar-refractivity contribution is 5.82. The van der Waals surface area contributed by atoms with Gasteiger partial charge in [0.2, 0.25) is 0 Å². The Hall–Kier alpha value is -2.51. The zero-order valence-electron chi connectivity index (χ0n) is 19.2. The molecule has 7 heteroatoms. The molecule has 1 saturated carbocycles. The molecule has 2 aromatic heterocycles. The first kappa shape index (κ1) is 20.1. The van der Waals surface area contributed by atoms with Crippen molar-refractivity contribution in [2.75, 3.05) is 18.0 Å². The van der Waals surface area contributed by atoms with Gasteiger partial charge in [-0.1, -0.05) is 0 Å². The van der Waals surface area contributed by atoms with E-state index >= 15 is 0 Å². The molecule has 2 aliphatic heterocycles. The predicted octanol–water partition coefficient (Wildman–Crippen LogP) is 3.39. The van der Waals surface area contributed by atoms with Crippen LogP contribution in [0.4, 0.5) is 5.82 Å². The number of hydrogen-bond donors (Lipinski definition) is 2. The molecule has 0 unspecified atom stereocenters. The van der Waals surface area contributed by atoms with Crippen LogP contribution in [0.15, 0.2) is 24.4 Å². The summed E-state index contributed by atoms with van der Waals surface area (Å²) >= 11 is 0. The number of benzene rings is 1. The number of nitrogens with zero attached hydrogens (tertiary/aromatic N) is 5. The summed E-state index contributed by atoms with van der Waals surface area (Å²) < 4.78 is 1.97. The van der Waals surface area contributed by atoms with E-state index in [1.807, 2.05) is 24.7 Å². The Bertz CT molecular complexity index is 1170. The highest BCUT2D eigenvalue weighted by Gasteiger charge is 2.38. The van der Waals surface area contributed by atoms with Crippen LogP contribution < -0.4 is 10.2 Å². The molecule has 6 rings (SSSR count). The lowest BCUT2D eigenvalue weighted by molar-refractivity contribution is 0.0171. The van der Waals surface area contributed by atoms with Gasteiger partial charge in [0.05, 0.1) is 17.3 Å². The number of anilines is 1. The van der Waals surface area contributed by atoms with Gasteiger partial charge >= 0.3 is 0 Å². The summed E-state index contributed by atoms with van der Waals surface area (Å²) in [5.74, 6) is 3.10. The highest BCUT2D eigenvalue weighted by Crippen LogP contribution is 2.40. The third-order valence-electron chi connectivity index (χ3n) is 7.84. The van der Waals surface area contributed by atoms with E-state index in [4.69, 9.17) is 15.1 Å². The van der Waals surface area contributed by atoms with Crippen molar-refractivity contribution in [1.29, 1.82) is 0 Å². The molecule has 7 nitrogen and oxygen atoms in total. The van der Waals surface area contributed by atoms with Crippen molar-refractivity contribution in [3.8, 4) is 5.82 Å². The van der Waals surface area contributed by atoms with Crippen molar-refractivity contribution in [2.45, 2.75) is 76.5 Å². The van der Waals surface area contributed by atoms with E-state index in [1.54, 1.807) is 0 Å². The summed E-state index contributed by atoms with van der Waals surface area (Å²) in [5, 5.41) is 19.8. The maximum Gasteiger partial charge on any atom is 0.159 e. The number of aliphatic hydroxyl groups is 1. The fourth-order valence-corrected chi connectivity index (χ4v) is 6.01. The van der Waals surface area contributed by atoms with Crippen LogP contribution >= 0.6 is 0 Å². The van der Waals surface area contributed by atoms with Gasteiger partial charge in [-0.15, -0.1) is 0 Å². The largest absolute Gasteiger partial charge is 0.390 e. The Labute approximate surface area is 188 Å². The standard InChI is InChI=1S/C25H32N6O/c1-15-8-18-12-27-31(22(18)10-21(15)17-4-6-25(3,32)7-5-17)24-11-23(28-16(2)29-24)30-14-19-9-20(30)13-26-19/h8,10-12,17,19-20,26,32H,4-7,9,13-14H2,1-3H3/t17?,19-,20-,25?/m1/s1. The van der Waals surface area contributed by atoms with Crippen LogP contribution in [0.2, 0.25) is 0 Å². The number of fused-ring (bicyclic) bond motifs is 3. The number of aryl methyl sites for hydroxylation is 2. The normalized spacial score (nSPS) is 29.9. The maximum absolute atomic E-state index is 10.4. The van der Waals surface area contributed by atoms with E-state index in [9.17, 15) is 5.11 Å². The lowest BCUT2D eigenvalue weighted by Gasteiger charge is -2.34. The van der Waals surface area contributed by atoms with Crippen LogP contribution in [0.3, 0.4) is 0 Å². The molecule has 0 radical (unpaired) electrons. The van der Waals surface area contributed by atoms with Gasteiger partial charge in [-0.25, -0.2) is 14.6 Å². The van der Waals surface area contributed by atoms with Crippen molar-refractivity contribution >= 4 is 16.7 Å². The third-order valence-corrected chi connectivity index (χ3v) is 7.84. The molecule has 1 aromatic carbocycles. The third kappa shape index (κ3) is 3.39. The molecule has 1 aliphatic carbocycles. The molecular formula is C25H32N6O. The Balaban J connectivity index is 1.38. The molecule has 3 aromatic rings. The van der Waals surface area contributed by atoms with Gasteiger partial charge in [0.25, 0.3) is 0 Å². The lowest BCUT2D eigenvalue weighted by Crippen LogP contribution is -2.44. The Morgan fingerprint density at radius 3 is 2.59 bits per heavy atom. The first-order chi connectivity index (χ1) is 15.4. The van der Waals surface area contributed by atoms with Gasteiger partial charge in [0.15, 0.2) is 5.82 Å². The second kappa shape index (κ2) is 7.25. The Kier molecular flexibility index (Phi) is 4.56. The van der Waals surface area contributed by atoms with Crippen LogP contribution in [-0.4, -0.2) is 55.6 Å². The fraction of sp³-hybridized carbons (Fsp3) is 0.560. The quantitative estimate of drug-likeness (QED) is 0.661. The molecular weight excluding hydrogens is 400 g/mol. The van der Waals surface area contributed by atoms with E-state index in [2.05, 4.69) is 35.3 Å². The fourth-order valence-electron chi connectivity index (χ4n) is 6.01. The van der Waals surface area contributed by atoms with E-state index in [0.717, 1.165) is 67.1 Å². The van der Waals surface area contributed by atoms with Gasteiger partial charge in [-0.2, -0.15) is 5.10 Å². The molecule has 0 spiro atoms. The van der Waals surface area contributed by atoms with Gasteiger partial charge in [-0.3, -0.25) is 0 Å². The topological polar surface area (TPSA) is 79.1 Å². The number of nitrogens with one attached hydrogen (secondary N) is 1. The Morgan fingerprint density at radius 1 is 1.09 bits per heavy atom. The smallest absolute Gasteiger partial charge is 0.159 e. The highest BCUT2D eigenvalue weighted by atomic mass is 16.3. The minimum Gasteiger partial charge on any atom is -0.390 e. The molecule has 32 heavy (non-hydrogen) atoms. The summed E-state index contributed by atoms with van der Waals surface area (Å²) in [6.07, 6.45) is 6.90. The minimum atomic E-state index is -0.518. The van der Waals surface area contributed by atoms with Crippen LogP contribution in [0.5, 0.6) is 0 Å². The van der Waals surface area contributed by atoms with E-state index < -0.39 is 5.60 Å². The summed E-state index contributed by atoms with van der Waals surface area (Å²) in [6.45, 7) is 8.17. The molecule has 3 fully saturated rings. The molecule has 4 heterocycles. The molecule has 3 aliphatic rings. The number of aromatic nitrogens is 4. The number of rotatable bonds is 3. The van der Waals surface area contributed by atoms with Crippen molar-refractivity contribution in [3.05, 3.63) is 41.3 Å². The first-order valence-corrected chi connectivity index (χ1v) is 11.9. The van der Waals surface area contributed by atoms with Crippen LogP contribution in [0, 0.1) is 13.8 Å². The second-order valence-corrected chi connectivity index (χ2v) is 10.4. The predicted molar refractivity (Wildman–Crippen MR) is 126 cm³/mol. The molecule has 2 N–H and O–H groups in total. The molecule has 2 saturated heterocycles. The molecule has 2 atom stereocenters. The summed E-state index contributed by atoms with van der Waals surface area (Å²) in [5.41, 5.74) is 3.26. The number of hydrogen-bond acceptors (Lipinski definition) is 6. The second-order valence-electron chi connectivity index (χ2n) is 10.4. The maximum atomic E-state index is 10.4. The monoisotopic (exact) mass is 432 g/mol. The summed E-state index contributed by atoms with van der Waals surface area (Å²) in [6, 6.07) is 7.75. The van der Waals surface area contributed by atoms with Gasteiger partial charge in [0, 0.05) is 36.6 Å². The van der Waals surface area contributed by atoms with Crippen LogP contribution in [0.1, 0.15) is 61.9 Å². The van der Waals surface area contributed by atoms with E-state index in [0.29, 0.717) is 18.0 Å². The summed E-state index contributed by atoms with van der Waals surface area (Å²) in [7, 11) is 0. The zero-order valence-corrected chi connectivity index (χ0v) is 19.2. The molecule has 168 valence electrons. The minimum absolute atomic E-state index is 0.485. The average Bonchev–Trinajstić information content (AvgIpc) is 3.48. The Morgan fingerprint density at radius 2 is 1.88 bits per heavy atom.